The lowest BCUT2D eigenvalue weighted by molar-refractivity contribution is -0.0149. The summed E-state index contributed by atoms with van der Waals surface area (Å²) in [7, 11) is 3.07. The van der Waals surface area contributed by atoms with Crippen LogP contribution in [0.1, 0.15) is 23.2 Å². The van der Waals surface area contributed by atoms with E-state index in [9.17, 15) is 9.18 Å². The first kappa shape index (κ1) is 16.1. The number of carbonyl (C=O) groups is 1. The molecule has 1 amide bonds. The summed E-state index contributed by atoms with van der Waals surface area (Å²) >= 11 is 1.89. The van der Waals surface area contributed by atoms with Crippen molar-refractivity contribution in [3.63, 3.8) is 0 Å². The number of thioether (sulfide) groups is 1. The van der Waals surface area contributed by atoms with Crippen molar-refractivity contribution in [2.75, 3.05) is 32.3 Å². The van der Waals surface area contributed by atoms with E-state index in [0.717, 1.165) is 24.3 Å². The van der Waals surface area contributed by atoms with Gasteiger partial charge in [-0.1, -0.05) is 0 Å². The predicted octanol–water partition coefficient (Wildman–Crippen LogP) is 2.48. The fraction of sp³-hybridized carbons (Fsp3) is 0.533. The van der Waals surface area contributed by atoms with E-state index in [4.69, 9.17) is 9.47 Å². The van der Waals surface area contributed by atoms with Crippen molar-refractivity contribution in [2.24, 2.45) is 0 Å². The molecular weight excluding hydrogens is 293 g/mol. The largest absolute Gasteiger partial charge is 0.494 e. The monoisotopic (exact) mass is 313 g/mol. The van der Waals surface area contributed by atoms with E-state index < -0.39 is 5.82 Å². The van der Waals surface area contributed by atoms with Gasteiger partial charge in [-0.2, -0.15) is 11.8 Å². The number of rotatable bonds is 5. The number of amides is 1. The molecule has 116 valence electrons. The lowest BCUT2D eigenvalue weighted by Crippen LogP contribution is -2.46. The first-order chi connectivity index (χ1) is 10.1. The van der Waals surface area contributed by atoms with E-state index in [-0.39, 0.29) is 22.8 Å². The van der Waals surface area contributed by atoms with Gasteiger partial charge < -0.3 is 14.8 Å². The fourth-order valence-corrected chi connectivity index (χ4v) is 3.58. The maximum Gasteiger partial charge on any atom is 0.251 e. The second kappa shape index (κ2) is 7.13. The Balaban J connectivity index is 1.99. The molecular formula is C15H20FNO3S. The second-order valence-corrected chi connectivity index (χ2v) is 6.26. The molecule has 1 aromatic carbocycles. The van der Waals surface area contributed by atoms with Crippen LogP contribution in [-0.2, 0) is 4.74 Å². The predicted molar refractivity (Wildman–Crippen MR) is 81.6 cm³/mol. The Morgan fingerprint density at radius 2 is 2.10 bits per heavy atom. The maximum atomic E-state index is 13.6. The van der Waals surface area contributed by atoms with E-state index in [0.29, 0.717) is 6.54 Å². The standard InChI is InChI=1S/C15H20FNO3S/c1-19-13-4-3-11(9-12(13)16)14(18)17-10-15(20-2)5-7-21-8-6-15/h3-4,9H,5-8,10H2,1-2H3,(H,17,18). The summed E-state index contributed by atoms with van der Waals surface area (Å²) in [4.78, 5) is 12.1. The fourth-order valence-electron chi connectivity index (χ4n) is 2.35. The van der Waals surface area contributed by atoms with Crippen molar-refractivity contribution in [1.82, 2.24) is 5.32 Å². The Bertz CT molecular complexity index is 504. The van der Waals surface area contributed by atoms with Crippen LogP contribution >= 0.6 is 11.8 Å². The normalized spacial score (nSPS) is 17.3. The van der Waals surface area contributed by atoms with E-state index in [1.165, 1.54) is 19.2 Å². The minimum atomic E-state index is -0.541. The lowest BCUT2D eigenvalue weighted by Gasteiger charge is -2.35. The molecule has 2 rings (SSSR count). The highest BCUT2D eigenvalue weighted by Gasteiger charge is 2.32. The molecule has 1 fully saturated rings. The molecule has 0 radical (unpaired) electrons. The molecule has 0 bridgehead atoms. The molecule has 1 N–H and O–H groups in total. The van der Waals surface area contributed by atoms with Gasteiger partial charge in [0, 0.05) is 19.2 Å². The van der Waals surface area contributed by atoms with Crippen LogP contribution in [0.15, 0.2) is 18.2 Å². The quantitative estimate of drug-likeness (QED) is 0.907. The third-order valence-electron chi connectivity index (χ3n) is 3.82. The molecule has 6 heteroatoms. The van der Waals surface area contributed by atoms with E-state index in [1.54, 1.807) is 13.2 Å². The second-order valence-electron chi connectivity index (χ2n) is 5.03. The van der Waals surface area contributed by atoms with Crippen molar-refractivity contribution in [3.05, 3.63) is 29.6 Å². The topological polar surface area (TPSA) is 47.6 Å². The van der Waals surface area contributed by atoms with Crippen molar-refractivity contribution in [1.29, 1.82) is 0 Å². The van der Waals surface area contributed by atoms with Crippen LogP contribution in [0.3, 0.4) is 0 Å². The van der Waals surface area contributed by atoms with Crippen molar-refractivity contribution >= 4 is 17.7 Å². The van der Waals surface area contributed by atoms with Gasteiger partial charge in [0.05, 0.1) is 12.7 Å². The Kier molecular flexibility index (Phi) is 5.47. The summed E-state index contributed by atoms with van der Waals surface area (Å²) in [6, 6.07) is 4.19. The Morgan fingerprint density at radius 1 is 1.38 bits per heavy atom. The zero-order valence-corrected chi connectivity index (χ0v) is 13.1. The number of halogens is 1. The average Bonchev–Trinajstić information content (AvgIpc) is 2.53. The van der Waals surface area contributed by atoms with Crippen LogP contribution in [0.4, 0.5) is 4.39 Å². The van der Waals surface area contributed by atoms with Crippen LogP contribution in [0, 0.1) is 5.82 Å². The number of ether oxygens (including phenoxy) is 2. The number of methoxy groups -OCH3 is 2. The van der Waals surface area contributed by atoms with Crippen molar-refractivity contribution in [3.8, 4) is 5.75 Å². The van der Waals surface area contributed by atoms with Gasteiger partial charge in [0.1, 0.15) is 0 Å². The Morgan fingerprint density at radius 3 is 2.67 bits per heavy atom. The molecule has 0 aliphatic carbocycles. The van der Waals surface area contributed by atoms with Gasteiger partial charge in [0.2, 0.25) is 0 Å². The van der Waals surface area contributed by atoms with Gasteiger partial charge >= 0.3 is 0 Å². The molecule has 1 aromatic rings. The Hall–Kier alpha value is -1.27. The van der Waals surface area contributed by atoms with Crippen LogP contribution in [0.5, 0.6) is 5.75 Å². The van der Waals surface area contributed by atoms with E-state index >= 15 is 0 Å². The van der Waals surface area contributed by atoms with Crippen LogP contribution in [0.2, 0.25) is 0 Å². The summed E-state index contributed by atoms with van der Waals surface area (Å²) in [5, 5.41) is 2.84. The summed E-state index contributed by atoms with van der Waals surface area (Å²) in [6.45, 7) is 0.441. The summed E-state index contributed by atoms with van der Waals surface area (Å²) in [5.74, 6) is 1.35. The molecule has 1 aliphatic heterocycles. The van der Waals surface area contributed by atoms with Gasteiger partial charge in [-0.05, 0) is 42.5 Å². The van der Waals surface area contributed by atoms with E-state index in [1.807, 2.05) is 11.8 Å². The smallest absolute Gasteiger partial charge is 0.251 e. The van der Waals surface area contributed by atoms with Crippen LogP contribution in [-0.4, -0.2) is 43.8 Å². The Labute approximate surface area is 128 Å². The SMILES string of the molecule is COc1ccc(C(=O)NCC2(OC)CCSCC2)cc1F. The van der Waals surface area contributed by atoms with Gasteiger partial charge in [-0.3, -0.25) is 4.79 Å². The van der Waals surface area contributed by atoms with Crippen molar-refractivity contribution < 1.29 is 18.7 Å². The molecule has 0 unspecified atom stereocenters. The minimum Gasteiger partial charge on any atom is -0.494 e. The summed E-state index contributed by atoms with van der Waals surface area (Å²) in [6.07, 6.45) is 1.82. The van der Waals surface area contributed by atoms with Gasteiger partial charge in [-0.15, -0.1) is 0 Å². The highest BCUT2D eigenvalue weighted by molar-refractivity contribution is 7.99. The van der Waals surface area contributed by atoms with E-state index in [2.05, 4.69) is 5.32 Å². The molecule has 0 atom stereocenters. The highest BCUT2D eigenvalue weighted by Crippen LogP contribution is 2.29. The molecule has 0 aromatic heterocycles. The third kappa shape index (κ3) is 3.89. The van der Waals surface area contributed by atoms with Crippen molar-refractivity contribution in [2.45, 2.75) is 18.4 Å². The van der Waals surface area contributed by atoms with Gasteiger partial charge in [0.15, 0.2) is 11.6 Å². The zero-order valence-electron chi connectivity index (χ0n) is 12.3. The summed E-state index contributed by atoms with van der Waals surface area (Å²) < 4.78 is 24.1. The van der Waals surface area contributed by atoms with Gasteiger partial charge in [0.25, 0.3) is 5.91 Å². The van der Waals surface area contributed by atoms with Crippen LogP contribution < -0.4 is 10.1 Å². The van der Waals surface area contributed by atoms with Gasteiger partial charge in [-0.25, -0.2) is 4.39 Å². The maximum absolute atomic E-state index is 13.6. The van der Waals surface area contributed by atoms with Crippen LogP contribution in [0.25, 0.3) is 0 Å². The molecule has 4 nitrogen and oxygen atoms in total. The lowest BCUT2D eigenvalue weighted by atomic mass is 9.96. The number of hydrogen-bond acceptors (Lipinski definition) is 4. The number of benzene rings is 1. The molecule has 1 saturated heterocycles. The molecule has 0 saturated carbocycles. The first-order valence-corrected chi connectivity index (χ1v) is 8.00. The first-order valence-electron chi connectivity index (χ1n) is 6.85. The molecule has 1 aliphatic rings. The zero-order chi connectivity index (χ0) is 15.3. The highest BCUT2D eigenvalue weighted by atomic mass is 32.2. The molecule has 0 spiro atoms. The average molecular weight is 313 g/mol. The molecule has 21 heavy (non-hydrogen) atoms. The third-order valence-corrected chi connectivity index (χ3v) is 4.81. The minimum absolute atomic E-state index is 0.129. The number of hydrogen-bond donors (Lipinski definition) is 1. The summed E-state index contributed by atoms with van der Waals surface area (Å²) in [5.41, 5.74) is -0.0175. The number of nitrogens with one attached hydrogen (secondary N) is 1. The number of carbonyl (C=O) groups excluding carboxylic acids is 1. The molecule has 1 heterocycles.